The molecule has 4 aromatic rings. The molecule has 0 unspecified atom stereocenters. The standard InChI is InChI=1S/C20H18N4O2/c1-22(2)19(25)15-7-8-17-13(11-15)5-4-6-16(17)14-9-10-24-18(12-14)21-23(3)20(24)26/h4-12H,1-3H3. The molecule has 0 spiro atoms. The minimum atomic E-state index is -0.170. The summed E-state index contributed by atoms with van der Waals surface area (Å²) >= 11 is 0. The molecule has 2 heterocycles. The van der Waals surface area contributed by atoms with Gasteiger partial charge in [0.25, 0.3) is 5.91 Å². The van der Waals surface area contributed by atoms with E-state index in [-0.39, 0.29) is 11.6 Å². The van der Waals surface area contributed by atoms with Crippen molar-refractivity contribution in [3.8, 4) is 11.1 Å². The maximum atomic E-state index is 12.2. The van der Waals surface area contributed by atoms with Crippen LogP contribution in [0.25, 0.3) is 27.5 Å². The van der Waals surface area contributed by atoms with Crippen LogP contribution in [0.3, 0.4) is 0 Å². The Morgan fingerprint density at radius 3 is 2.65 bits per heavy atom. The number of aromatic nitrogens is 3. The zero-order chi connectivity index (χ0) is 18.4. The molecule has 0 bridgehead atoms. The van der Waals surface area contributed by atoms with Crippen LogP contribution < -0.4 is 5.69 Å². The fraction of sp³-hybridized carbons (Fsp3) is 0.150. The molecular formula is C20H18N4O2. The fourth-order valence-electron chi connectivity index (χ4n) is 3.17. The van der Waals surface area contributed by atoms with E-state index in [1.165, 1.54) is 9.08 Å². The lowest BCUT2D eigenvalue weighted by atomic mass is 9.97. The molecule has 0 atom stereocenters. The van der Waals surface area contributed by atoms with Gasteiger partial charge in [0.2, 0.25) is 0 Å². The Bertz CT molecular complexity index is 1220. The van der Waals surface area contributed by atoms with Crippen molar-refractivity contribution in [1.29, 1.82) is 0 Å². The molecule has 2 aromatic heterocycles. The zero-order valence-electron chi connectivity index (χ0n) is 14.8. The van der Waals surface area contributed by atoms with Crippen LogP contribution in [-0.4, -0.2) is 39.1 Å². The maximum absolute atomic E-state index is 12.2. The van der Waals surface area contributed by atoms with Crippen LogP contribution in [0.15, 0.2) is 59.5 Å². The number of rotatable bonds is 2. The predicted molar refractivity (Wildman–Crippen MR) is 101 cm³/mol. The molecule has 26 heavy (non-hydrogen) atoms. The number of amides is 1. The van der Waals surface area contributed by atoms with E-state index < -0.39 is 0 Å². The number of fused-ring (bicyclic) bond motifs is 2. The molecule has 0 radical (unpaired) electrons. The monoisotopic (exact) mass is 346 g/mol. The smallest absolute Gasteiger partial charge is 0.345 e. The summed E-state index contributed by atoms with van der Waals surface area (Å²) in [7, 11) is 5.12. The van der Waals surface area contributed by atoms with Crippen molar-refractivity contribution in [3.63, 3.8) is 0 Å². The van der Waals surface area contributed by atoms with Crippen LogP contribution in [0.4, 0.5) is 0 Å². The average Bonchev–Trinajstić information content (AvgIpc) is 2.93. The molecule has 0 aliphatic rings. The van der Waals surface area contributed by atoms with Gasteiger partial charge in [-0.3, -0.25) is 9.20 Å². The Morgan fingerprint density at radius 2 is 1.88 bits per heavy atom. The van der Waals surface area contributed by atoms with Crippen molar-refractivity contribution >= 4 is 22.3 Å². The van der Waals surface area contributed by atoms with Crippen LogP contribution in [0, 0.1) is 0 Å². The molecular weight excluding hydrogens is 328 g/mol. The number of hydrogen-bond acceptors (Lipinski definition) is 3. The van der Waals surface area contributed by atoms with Crippen molar-refractivity contribution < 1.29 is 4.79 Å². The summed E-state index contributed by atoms with van der Waals surface area (Å²) < 4.78 is 2.84. The highest BCUT2D eigenvalue weighted by Crippen LogP contribution is 2.29. The van der Waals surface area contributed by atoms with Gasteiger partial charge in [-0.2, -0.15) is 5.10 Å². The van der Waals surface area contributed by atoms with E-state index in [0.29, 0.717) is 11.2 Å². The van der Waals surface area contributed by atoms with Gasteiger partial charge in [0, 0.05) is 32.9 Å². The van der Waals surface area contributed by atoms with E-state index in [9.17, 15) is 9.59 Å². The number of nitrogens with zero attached hydrogens (tertiary/aromatic N) is 4. The first-order chi connectivity index (χ1) is 12.5. The third-order valence-corrected chi connectivity index (χ3v) is 4.51. The van der Waals surface area contributed by atoms with Crippen LogP contribution in [0.2, 0.25) is 0 Å². The van der Waals surface area contributed by atoms with Crippen molar-refractivity contribution in [2.45, 2.75) is 0 Å². The van der Waals surface area contributed by atoms with Crippen molar-refractivity contribution in [3.05, 3.63) is 70.8 Å². The number of hydrogen-bond donors (Lipinski definition) is 0. The highest BCUT2D eigenvalue weighted by molar-refractivity contribution is 6.02. The Balaban J connectivity index is 1.89. The number of aryl methyl sites for hydroxylation is 1. The SMILES string of the molecule is CN(C)C(=O)c1ccc2c(-c3ccn4c(=O)n(C)nc4c3)cccc2c1. The highest BCUT2D eigenvalue weighted by Gasteiger charge is 2.11. The Kier molecular flexibility index (Phi) is 3.61. The molecule has 0 saturated carbocycles. The molecule has 6 nitrogen and oxygen atoms in total. The molecule has 6 heteroatoms. The van der Waals surface area contributed by atoms with E-state index in [1.807, 2.05) is 48.5 Å². The van der Waals surface area contributed by atoms with Crippen LogP contribution >= 0.6 is 0 Å². The topological polar surface area (TPSA) is 59.6 Å². The molecule has 0 saturated heterocycles. The van der Waals surface area contributed by atoms with Crippen LogP contribution in [-0.2, 0) is 7.05 Å². The average molecular weight is 346 g/mol. The van der Waals surface area contributed by atoms with Crippen molar-refractivity contribution in [1.82, 2.24) is 19.1 Å². The van der Waals surface area contributed by atoms with Crippen LogP contribution in [0.1, 0.15) is 10.4 Å². The lowest BCUT2D eigenvalue weighted by molar-refractivity contribution is 0.0828. The maximum Gasteiger partial charge on any atom is 0.350 e. The molecule has 2 aromatic carbocycles. The molecule has 0 N–H and O–H groups in total. The lowest BCUT2D eigenvalue weighted by Crippen LogP contribution is -2.21. The third kappa shape index (κ3) is 2.47. The second-order valence-corrected chi connectivity index (χ2v) is 6.49. The van der Waals surface area contributed by atoms with Gasteiger partial charge >= 0.3 is 5.69 Å². The minimum absolute atomic E-state index is 0.0217. The van der Waals surface area contributed by atoms with Gasteiger partial charge in [-0.15, -0.1) is 0 Å². The predicted octanol–water partition coefficient (Wildman–Crippen LogP) is 2.56. The molecule has 0 fully saturated rings. The number of pyridine rings is 1. The molecule has 130 valence electrons. The first-order valence-electron chi connectivity index (χ1n) is 8.26. The molecule has 4 rings (SSSR count). The van der Waals surface area contributed by atoms with Gasteiger partial charge in [-0.1, -0.05) is 24.3 Å². The van der Waals surface area contributed by atoms with Crippen LogP contribution in [0.5, 0.6) is 0 Å². The third-order valence-electron chi connectivity index (χ3n) is 4.51. The number of benzene rings is 2. The Morgan fingerprint density at radius 1 is 1.08 bits per heavy atom. The largest absolute Gasteiger partial charge is 0.350 e. The first kappa shape index (κ1) is 16.1. The second kappa shape index (κ2) is 5.84. The summed E-state index contributed by atoms with van der Waals surface area (Å²) in [4.78, 5) is 25.7. The van der Waals surface area contributed by atoms with E-state index in [0.717, 1.165) is 21.9 Å². The lowest BCUT2D eigenvalue weighted by Gasteiger charge is -2.12. The second-order valence-electron chi connectivity index (χ2n) is 6.49. The fourth-order valence-corrected chi connectivity index (χ4v) is 3.17. The normalized spacial score (nSPS) is 11.2. The Labute approximate surface area is 149 Å². The summed E-state index contributed by atoms with van der Waals surface area (Å²) in [6.45, 7) is 0. The van der Waals surface area contributed by atoms with E-state index >= 15 is 0 Å². The summed E-state index contributed by atoms with van der Waals surface area (Å²) in [6, 6.07) is 15.5. The van der Waals surface area contributed by atoms with E-state index in [4.69, 9.17) is 0 Å². The zero-order valence-corrected chi connectivity index (χ0v) is 14.8. The number of carbonyl (C=O) groups excluding carboxylic acids is 1. The van der Waals surface area contributed by atoms with Gasteiger partial charge in [0.05, 0.1) is 0 Å². The summed E-state index contributed by atoms with van der Waals surface area (Å²) in [6.07, 6.45) is 1.74. The van der Waals surface area contributed by atoms with Gasteiger partial charge in [-0.25, -0.2) is 9.48 Å². The van der Waals surface area contributed by atoms with Gasteiger partial charge in [0.1, 0.15) is 0 Å². The summed E-state index contributed by atoms with van der Waals surface area (Å²) in [5, 5.41) is 6.29. The first-order valence-corrected chi connectivity index (χ1v) is 8.26. The molecule has 0 aliphatic carbocycles. The van der Waals surface area contributed by atoms with E-state index in [2.05, 4.69) is 5.10 Å². The Hall–Kier alpha value is -3.41. The van der Waals surface area contributed by atoms with Crippen molar-refractivity contribution in [2.24, 2.45) is 7.05 Å². The van der Waals surface area contributed by atoms with Crippen molar-refractivity contribution in [2.75, 3.05) is 14.1 Å². The minimum Gasteiger partial charge on any atom is -0.345 e. The molecule has 0 aliphatic heterocycles. The number of carbonyl (C=O) groups is 1. The summed E-state index contributed by atoms with van der Waals surface area (Å²) in [5.41, 5.74) is 3.10. The molecule has 1 amide bonds. The summed E-state index contributed by atoms with van der Waals surface area (Å²) in [5.74, 6) is -0.0217. The van der Waals surface area contributed by atoms with Gasteiger partial charge in [0.15, 0.2) is 5.65 Å². The highest BCUT2D eigenvalue weighted by atomic mass is 16.2. The quantitative estimate of drug-likeness (QED) is 0.560. The van der Waals surface area contributed by atoms with Gasteiger partial charge in [-0.05, 0) is 46.2 Å². The van der Waals surface area contributed by atoms with Gasteiger partial charge < -0.3 is 4.90 Å². The van der Waals surface area contributed by atoms with E-state index in [1.54, 1.807) is 32.2 Å².